The highest BCUT2D eigenvalue weighted by molar-refractivity contribution is 7.80. The number of nitrogens with zero attached hydrogens (tertiary/aromatic N) is 3. The molecule has 1 fully saturated rings. The fraction of sp³-hybridized carbons (Fsp3) is 0.226. The number of benzene rings is 2. The first-order chi connectivity index (χ1) is 19.8. The first-order valence-corrected chi connectivity index (χ1v) is 13.6. The van der Waals surface area contributed by atoms with Crippen molar-refractivity contribution in [3.63, 3.8) is 0 Å². The van der Waals surface area contributed by atoms with Gasteiger partial charge in [0.2, 0.25) is 5.91 Å². The van der Waals surface area contributed by atoms with Crippen molar-refractivity contribution in [3.8, 4) is 5.69 Å². The number of carbonyl (C=O) groups is 2. The molecule has 2 aromatic heterocycles. The molecule has 2 N–H and O–H groups in total. The fourth-order valence-corrected chi connectivity index (χ4v) is 5.72. The Labute approximate surface area is 243 Å². The van der Waals surface area contributed by atoms with Crippen LogP contribution in [-0.4, -0.2) is 45.1 Å². The lowest BCUT2D eigenvalue weighted by Gasteiger charge is -2.28. The Morgan fingerprint density at radius 3 is 2.54 bits per heavy atom. The monoisotopic (exact) mass is 571 g/mol. The van der Waals surface area contributed by atoms with Gasteiger partial charge in [-0.1, -0.05) is 30.3 Å². The van der Waals surface area contributed by atoms with Crippen LogP contribution in [0.1, 0.15) is 51.5 Å². The molecule has 41 heavy (non-hydrogen) atoms. The van der Waals surface area contributed by atoms with Gasteiger partial charge in [-0.3, -0.25) is 9.78 Å². The number of esters is 1. The van der Waals surface area contributed by atoms with Crippen molar-refractivity contribution in [2.75, 3.05) is 19.0 Å². The van der Waals surface area contributed by atoms with E-state index in [1.807, 2.05) is 53.6 Å². The predicted molar refractivity (Wildman–Crippen MR) is 158 cm³/mol. The second kappa shape index (κ2) is 11.9. The summed E-state index contributed by atoms with van der Waals surface area (Å²) in [4.78, 5) is 32.0. The summed E-state index contributed by atoms with van der Waals surface area (Å²) in [5, 5.41) is 6.55. The molecule has 2 aromatic carbocycles. The molecule has 1 aliphatic heterocycles. The quantitative estimate of drug-likeness (QED) is 0.216. The summed E-state index contributed by atoms with van der Waals surface area (Å²) < 4.78 is 21.2. The number of thiocarbonyl (C=S) groups is 1. The molecule has 0 aliphatic carbocycles. The summed E-state index contributed by atoms with van der Waals surface area (Å²) >= 11 is 5.77. The number of aryl methyl sites for hydroxylation is 1. The van der Waals surface area contributed by atoms with Crippen LogP contribution in [0.25, 0.3) is 5.69 Å². The summed E-state index contributed by atoms with van der Waals surface area (Å²) in [7, 11) is 1.36. The van der Waals surface area contributed by atoms with Gasteiger partial charge in [0.25, 0.3) is 0 Å². The predicted octanol–water partition coefficient (Wildman–Crippen LogP) is 5.42. The van der Waals surface area contributed by atoms with Gasteiger partial charge in [0.15, 0.2) is 5.11 Å². The van der Waals surface area contributed by atoms with E-state index in [4.69, 9.17) is 17.0 Å². The Balaban J connectivity index is 1.51. The third kappa shape index (κ3) is 5.55. The topological polar surface area (TPSA) is 88.5 Å². The first-order valence-electron chi connectivity index (χ1n) is 13.2. The van der Waals surface area contributed by atoms with Crippen LogP contribution in [0.2, 0.25) is 0 Å². The Bertz CT molecular complexity index is 1610. The molecule has 5 rings (SSSR count). The van der Waals surface area contributed by atoms with E-state index in [0.29, 0.717) is 22.9 Å². The van der Waals surface area contributed by atoms with E-state index in [9.17, 15) is 14.0 Å². The number of halogens is 1. The van der Waals surface area contributed by atoms with Crippen molar-refractivity contribution < 1.29 is 18.7 Å². The van der Waals surface area contributed by atoms with Gasteiger partial charge < -0.3 is 24.8 Å². The van der Waals surface area contributed by atoms with Crippen molar-refractivity contribution in [1.82, 2.24) is 19.8 Å². The average molecular weight is 572 g/mol. The molecule has 210 valence electrons. The highest BCUT2D eigenvalue weighted by atomic mass is 32.1. The number of methoxy groups -OCH3 is 1. The third-order valence-electron chi connectivity index (χ3n) is 7.26. The van der Waals surface area contributed by atoms with Crippen LogP contribution in [0.4, 0.5) is 10.1 Å². The number of carbonyl (C=O) groups excluding carboxylic acids is 2. The molecular formula is C31H30FN5O3S. The fourth-order valence-electron chi connectivity index (χ4n) is 5.39. The molecule has 0 unspecified atom stereocenters. The maximum absolute atomic E-state index is 14.1. The molecule has 8 nitrogen and oxygen atoms in total. The summed E-state index contributed by atoms with van der Waals surface area (Å²) in [6.45, 7) is 4.27. The van der Waals surface area contributed by atoms with Gasteiger partial charge in [-0.15, -0.1) is 0 Å². The Kier molecular flexibility index (Phi) is 8.11. The molecule has 1 saturated heterocycles. The van der Waals surface area contributed by atoms with Gasteiger partial charge in [-0.25, -0.2) is 9.18 Å². The zero-order valence-electron chi connectivity index (χ0n) is 22.9. The van der Waals surface area contributed by atoms with Gasteiger partial charge in [0, 0.05) is 30.6 Å². The van der Waals surface area contributed by atoms with Crippen molar-refractivity contribution in [2.24, 2.45) is 0 Å². The number of hydrogen-bond donors (Lipinski definition) is 2. The Morgan fingerprint density at radius 1 is 1.07 bits per heavy atom. The number of para-hydroxylation sites is 2. The molecule has 0 bridgehead atoms. The lowest BCUT2D eigenvalue weighted by Crippen LogP contribution is -2.33. The van der Waals surface area contributed by atoms with E-state index >= 15 is 0 Å². The standard InChI is InChI=1S/C31H30FN5O3S/c1-19-18-22(20(2)37(19)26-14-7-4-10-21(26)30(39)40-3)29-28(25-13-8-9-16-33-25)35-31(41)36(29)17-15-27(38)34-24-12-6-5-11-23(24)32/h4-14,16,18,28-29H,15,17H2,1-3H3,(H,34,38)(H,35,41)/t28-,29-/m1/s1. The van der Waals surface area contributed by atoms with Crippen LogP contribution < -0.4 is 10.6 Å². The zero-order valence-corrected chi connectivity index (χ0v) is 23.7. The van der Waals surface area contributed by atoms with Crippen LogP contribution >= 0.6 is 12.2 Å². The normalized spacial score (nSPS) is 16.4. The van der Waals surface area contributed by atoms with Gasteiger partial charge in [0.1, 0.15) is 5.82 Å². The minimum Gasteiger partial charge on any atom is -0.465 e. The van der Waals surface area contributed by atoms with Crippen molar-refractivity contribution in [2.45, 2.75) is 32.4 Å². The molecule has 2 atom stereocenters. The number of anilines is 1. The van der Waals surface area contributed by atoms with E-state index in [2.05, 4.69) is 21.7 Å². The summed E-state index contributed by atoms with van der Waals surface area (Å²) in [6, 6.07) is 20.6. The maximum Gasteiger partial charge on any atom is 0.339 e. The number of rotatable bonds is 8. The first kappa shape index (κ1) is 28.0. The molecule has 0 radical (unpaired) electrons. The Morgan fingerprint density at radius 2 is 1.80 bits per heavy atom. The van der Waals surface area contributed by atoms with Gasteiger partial charge in [-0.2, -0.15) is 0 Å². The molecule has 0 spiro atoms. The van der Waals surface area contributed by atoms with Gasteiger partial charge in [-0.05, 0) is 74.1 Å². The number of aromatic nitrogens is 2. The number of amides is 1. The minimum atomic E-state index is -0.494. The number of hydrogen-bond acceptors (Lipinski definition) is 5. The molecular weight excluding hydrogens is 541 g/mol. The van der Waals surface area contributed by atoms with Gasteiger partial charge >= 0.3 is 5.97 Å². The molecule has 4 aromatic rings. The Hall–Kier alpha value is -4.57. The molecule has 10 heteroatoms. The van der Waals surface area contributed by atoms with E-state index < -0.39 is 11.8 Å². The third-order valence-corrected chi connectivity index (χ3v) is 7.62. The lowest BCUT2D eigenvalue weighted by atomic mass is 9.96. The summed E-state index contributed by atoms with van der Waals surface area (Å²) in [6.07, 6.45) is 1.82. The average Bonchev–Trinajstić information content (AvgIpc) is 3.47. The zero-order chi connectivity index (χ0) is 29.1. The number of pyridine rings is 1. The highest BCUT2D eigenvalue weighted by Crippen LogP contribution is 2.41. The van der Waals surface area contributed by atoms with E-state index in [1.54, 1.807) is 30.5 Å². The SMILES string of the molecule is COC(=O)c1ccccc1-n1c(C)cc([C@@H]2[C@@H](c3ccccn3)NC(=S)N2CCC(=O)Nc2ccccc2F)c1C. The van der Waals surface area contributed by atoms with E-state index in [0.717, 1.165) is 22.6 Å². The second-order valence-corrected chi connectivity index (χ2v) is 10.2. The summed E-state index contributed by atoms with van der Waals surface area (Å²) in [5.74, 6) is -1.24. The lowest BCUT2D eigenvalue weighted by molar-refractivity contribution is -0.116. The number of ether oxygens (including phenoxy) is 1. The van der Waals surface area contributed by atoms with E-state index in [-0.39, 0.29) is 30.1 Å². The maximum atomic E-state index is 14.1. The van der Waals surface area contributed by atoms with Crippen LogP contribution in [0, 0.1) is 19.7 Å². The van der Waals surface area contributed by atoms with Crippen molar-refractivity contribution in [3.05, 3.63) is 113 Å². The van der Waals surface area contributed by atoms with Crippen molar-refractivity contribution in [1.29, 1.82) is 0 Å². The van der Waals surface area contributed by atoms with Crippen LogP contribution in [0.3, 0.4) is 0 Å². The second-order valence-electron chi connectivity index (χ2n) is 9.77. The molecule has 1 aliphatic rings. The minimum absolute atomic E-state index is 0.0888. The molecule has 0 saturated carbocycles. The smallest absolute Gasteiger partial charge is 0.339 e. The molecule has 1 amide bonds. The van der Waals surface area contributed by atoms with Crippen LogP contribution in [0.5, 0.6) is 0 Å². The van der Waals surface area contributed by atoms with E-state index in [1.165, 1.54) is 19.2 Å². The summed E-state index contributed by atoms with van der Waals surface area (Å²) in [5.41, 5.74) is 4.90. The number of nitrogens with one attached hydrogen (secondary N) is 2. The largest absolute Gasteiger partial charge is 0.465 e. The highest BCUT2D eigenvalue weighted by Gasteiger charge is 2.41. The van der Waals surface area contributed by atoms with Crippen LogP contribution in [-0.2, 0) is 9.53 Å². The molecule has 3 heterocycles. The van der Waals surface area contributed by atoms with Gasteiger partial charge in [0.05, 0.1) is 41.8 Å². The van der Waals surface area contributed by atoms with Crippen molar-refractivity contribution >= 4 is 34.9 Å². The van der Waals surface area contributed by atoms with Crippen LogP contribution in [0.15, 0.2) is 79.0 Å².